The number of carbonyl (C=O) groups excluding carboxylic acids is 1. The van der Waals surface area contributed by atoms with Crippen LogP contribution in [0.2, 0.25) is 0 Å². The molecular weight excluding hydrogens is 380 g/mol. The van der Waals surface area contributed by atoms with Gasteiger partial charge >= 0.3 is 0 Å². The molecule has 0 aliphatic rings. The molecule has 0 unspecified atom stereocenters. The topological polar surface area (TPSA) is 114 Å². The Morgan fingerprint density at radius 1 is 1.04 bits per heavy atom. The molecule has 0 saturated heterocycles. The van der Waals surface area contributed by atoms with Crippen molar-refractivity contribution in [2.75, 3.05) is 7.05 Å². The van der Waals surface area contributed by atoms with Crippen LogP contribution in [0.4, 0.5) is 0 Å². The Labute approximate surface area is 163 Å². The monoisotopic (exact) mass is 400 g/mol. The van der Waals surface area contributed by atoms with Crippen LogP contribution < -0.4 is 10.0 Å². The molecular formula is C19H20N4O4S. The molecule has 8 nitrogen and oxygen atoms in total. The van der Waals surface area contributed by atoms with Crippen LogP contribution in [-0.4, -0.2) is 31.5 Å². The van der Waals surface area contributed by atoms with Crippen molar-refractivity contribution in [3.05, 3.63) is 71.0 Å². The maximum Gasteiger partial charge on any atom is 0.257 e. The van der Waals surface area contributed by atoms with Gasteiger partial charge in [0.25, 0.3) is 11.8 Å². The molecule has 0 aliphatic heterocycles. The van der Waals surface area contributed by atoms with Gasteiger partial charge in [-0.3, -0.25) is 4.79 Å². The summed E-state index contributed by atoms with van der Waals surface area (Å²) in [6.45, 7) is 2.07. The lowest BCUT2D eigenvalue weighted by Crippen LogP contribution is -2.22. The Morgan fingerprint density at radius 2 is 1.68 bits per heavy atom. The largest absolute Gasteiger partial charge is 0.348 e. The number of aromatic nitrogens is 2. The summed E-state index contributed by atoms with van der Waals surface area (Å²) in [4.78, 5) is 16.5. The van der Waals surface area contributed by atoms with E-state index < -0.39 is 10.0 Å². The van der Waals surface area contributed by atoms with Crippen LogP contribution in [0.15, 0.2) is 53.1 Å². The predicted octanol–water partition coefficient (Wildman–Crippen LogP) is 2.02. The van der Waals surface area contributed by atoms with Crippen molar-refractivity contribution in [1.29, 1.82) is 0 Å². The summed E-state index contributed by atoms with van der Waals surface area (Å²) >= 11 is 0. The van der Waals surface area contributed by atoms with E-state index in [2.05, 4.69) is 20.2 Å². The average Bonchev–Trinajstić information content (AvgIpc) is 3.13. The number of carbonyl (C=O) groups is 1. The maximum absolute atomic E-state index is 12.3. The highest BCUT2D eigenvalue weighted by molar-refractivity contribution is 7.88. The summed E-state index contributed by atoms with van der Waals surface area (Å²) in [7, 11) is -1.92. The zero-order valence-corrected chi connectivity index (χ0v) is 16.3. The molecule has 9 heteroatoms. The second-order valence-electron chi connectivity index (χ2n) is 6.19. The smallest absolute Gasteiger partial charge is 0.257 e. The highest BCUT2D eigenvalue weighted by atomic mass is 32.2. The van der Waals surface area contributed by atoms with Crippen LogP contribution in [-0.2, 0) is 22.3 Å². The second kappa shape index (κ2) is 8.32. The molecule has 1 heterocycles. The van der Waals surface area contributed by atoms with Crippen molar-refractivity contribution in [1.82, 2.24) is 20.2 Å². The molecule has 28 heavy (non-hydrogen) atoms. The SMILES string of the molecule is CNS(=O)(=O)Cc1ccc(CNC(=O)c2ccc(-c3nc(C)no3)cc2)cc1. The Kier molecular flexibility index (Phi) is 5.86. The fourth-order valence-corrected chi connectivity index (χ4v) is 3.28. The Morgan fingerprint density at radius 3 is 2.25 bits per heavy atom. The molecule has 3 aromatic rings. The molecule has 0 bridgehead atoms. The lowest BCUT2D eigenvalue weighted by molar-refractivity contribution is 0.0951. The Bertz CT molecular complexity index is 1060. The van der Waals surface area contributed by atoms with Gasteiger partial charge in [-0.05, 0) is 49.4 Å². The Balaban J connectivity index is 1.58. The van der Waals surface area contributed by atoms with E-state index in [0.29, 0.717) is 29.4 Å². The van der Waals surface area contributed by atoms with Crippen LogP contribution in [0.5, 0.6) is 0 Å². The molecule has 1 aromatic heterocycles. The molecule has 0 fully saturated rings. The van der Waals surface area contributed by atoms with Crippen molar-refractivity contribution in [3.63, 3.8) is 0 Å². The predicted molar refractivity (Wildman–Crippen MR) is 104 cm³/mol. The molecule has 146 valence electrons. The summed E-state index contributed by atoms with van der Waals surface area (Å²) in [5.74, 6) is 0.661. The van der Waals surface area contributed by atoms with E-state index >= 15 is 0 Å². The lowest BCUT2D eigenvalue weighted by Gasteiger charge is -2.07. The minimum Gasteiger partial charge on any atom is -0.348 e. The van der Waals surface area contributed by atoms with Gasteiger partial charge < -0.3 is 9.84 Å². The van der Waals surface area contributed by atoms with Gasteiger partial charge in [0, 0.05) is 17.7 Å². The minimum atomic E-state index is -3.30. The third kappa shape index (κ3) is 5.02. The average molecular weight is 400 g/mol. The number of aryl methyl sites for hydroxylation is 1. The number of rotatable bonds is 7. The van der Waals surface area contributed by atoms with Crippen molar-refractivity contribution in [3.8, 4) is 11.5 Å². The van der Waals surface area contributed by atoms with E-state index in [-0.39, 0.29) is 11.7 Å². The fourth-order valence-electron chi connectivity index (χ4n) is 2.51. The summed E-state index contributed by atoms with van der Waals surface area (Å²) in [6.07, 6.45) is 0. The number of nitrogens with zero attached hydrogens (tertiary/aromatic N) is 2. The van der Waals surface area contributed by atoms with Crippen molar-refractivity contribution >= 4 is 15.9 Å². The van der Waals surface area contributed by atoms with E-state index in [0.717, 1.165) is 11.1 Å². The van der Waals surface area contributed by atoms with Crippen LogP contribution in [0.25, 0.3) is 11.5 Å². The van der Waals surface area contributed by atoms with Gasteiger partial charge in [0.05, 0.1) is 5.75 Å². The summed E-state index contributed by atoms with van der Waals surface area (Å²) in [6, 6.07) is 13.9. The van der Waals surface area contributed by atoms with Crippen LogP contribution in [0.1, 0.15) is 27.3 Å². The maximum atomic E-state index is 12.3. The molecule has 3 rings (SSSR count). The number of benzene rings is 2. The van der Waals surface area contributed by atoms with E-state index in [1.165, 1.54) is 7.05 Å². The van der Waals surface area contributed by atoms with Crippen LogP contribution in [0, 0.1) is 6.92 Å². The number of sulfonamides is 1. The van der Waals surface area contributed by atoms with Gasteiger partial charge in [0.15, 0.2) is 5.82 Å². The molecule has 0 spiro atoms. The van der Waals surface area contributed by atoms with Gasteiger partial charge in [-0.2, -0.15) is 4.98 Å². The molecule has 0 atom stereocenters. The molecule has 2 aromatic carbocycles. The Hall–Kier alpha value is -3.04. The first-order valence-corrected chi connectivity index (χ1v) is 10.2. The second-order valence-corrected chi connectivity index (χ2v) is 8.11. The molecule has 1 amide bonds. The zero-order chi connectivity index (χ0) is 20.1. The first-order valence-electron chi connectivity index (χ1n) is 8.54. The lowest BCUT2D eigenvalue weighted by atomic mass is 10.1. The molecule has 0 aliphatic carbocycles. The first-order chi connectivity index (χ1) is 13.4. The van der Waals surface area contributed by atoms with Crippen LogP contribution in [0.3, 0.4) is 0 Å². The van der Waals surface area contributed by atoms with Gasteiger partial charge in [-0.25, -0.2) is 13.1 Å². The molecule has 0 radical (unpaired) electrons. The number of hydrogen-bond donors (Lipinski definition) is 2. The van der Waals surface area contributed by atoms with Crippen molar-refractivity contribution < 1.29 is 17.7 Å². The van der Waals surface area contributed by atoms with Crippen LogP contribution >= 0.6 is 0 Å². The van der Waals surface area contributed by atoms with Crippen molar-refractivity contribution in [2.45, 2.75) is 19.2 Å². The fraction of sp³-hybridized carbons (Fsp3) is 0.211. The highest BCUT2D eigenvalue weighted by Crippen LogP contribution is 2.17. The number of amides is 1. The van der Waals surface area contributed by atoms with E-state index in [1.807, 2.05) is 0 Å². The van der Waals surface area contributed by atoms with Crippen molar-refractivity contribution in [2.24, 2.45) is 0 Å². The summed E-state index contributed by atoms with van der Waals surface area (Å²) < 4.78 is 30.5. The van der Waals surface area contributed by atoms with E-state index in [9.17, 15) is 13.2 Å². The molecule has 2 N–H and O–H groups in total. The third-order valence-electron chi connectivity index (χ3n) is 4.07. The first kappa shape index (κ1) is 19.7. The standard InChI is InChI=1S/C19H20N4O4S/c1-13-22-19(27-23-13)17-9-7-16(8-10-17)18(24)21-11-14-3-5-15(6-4-14)12-28(25,26)20-2/h3-10,20H,11-12H2,1-2H3,(H,21,24). The van der Waals surface area contributed by atoms with E-state index in [1.54, 1.807) is 55.5 Å². The number of nitrogens with one attached hydrogen (secondary N) is 2. The van der Waals surface area contributed by atoms with Gasteiger partial charge in [-0.15, -0.1) is 0 Å². The third-order valence-corrected chi connectivity index (χ3v) is 5.40. The normalized spacial score (nSPS) is 11.4. The zero-order valence-electron chi connectivity index (χ0n) is 15.5. The molecule has 0 saturated carbocycles. The highest BCUT2D eigenvalue weighted by Gasteiger charge is 2.10. The van der Waals surface area contributed by atoms with Gasteiger partial charge in [0.2, 0.25) is 10.0 Å². The van der Waals surface area contributed by atoms with Gasteiger partial charge in [0.1, 0.15) is 0 Å². The summed E-state index contributed by atoms with van der Waals surface area (Å²) in [5.41, 5.74) is 2.80. The summed E-state index contributed by atoms with van der Waals surface area (Å²) in [5, 5.41) is 6.58. The minimum absolute atomic E-state index is 0.0813. The van der Waals surface area contributed by atoms with E-state index in [4.69, 9.17) is 4.52 Å². The quantitative estimate of drug-likeness (QED) is 0.627. The number of hydrogen-bond acceptors (Lipinski definition) is 6. The van der Waals surface area contributed by atoms with Gasteiger partial charge in [-0.1, -0.05) is 29.4 Å².